The Morgan fingerprint density at radius 1 is 1.06 bits per heavy atom. The van der Waals surface area contributed by atoms with Crippen LogP contribution in [0.3, 0.4) is 0 Å². The zero-order chi connectivity index (χ0) is 24.0. The standard InChI is InChI=1S/C26H28N4O4/c1-2-26(16-31,17-32)15-28-25(33)23(30-13-12-20-14-27-18-29-24(20)30)19-8-10-22(11-9-19)34-21-6-4-3-5-7-21/h3-14,18,23,31-32H,2,15-17H2,1H3,(H,28,33). The molecule has 0 aliphatic carbocycles. The zero-order valence-electron chi connectivity index (χ0n) is 19.0. The normalized spacial score (nSPS) is 12.4. The van der Waals surface area contributed by atoms with Gasteiger partial charge in [0, 0.05) is 29.7 Å². The smallest absolute Gasteiger partial charge is 0.247 e. The number of aromatic nitrogens is 3. The number of nitrogens with zero attached hydrogens (tertiary/aromatic N) is 3. The highest BCUT2D eigenvalue weighted by molar-refractivity contribution is 5.86. The van der Waals surface area contributed by atoms with Crippen molar-refractivity contribution in [2.75, 3.05) is 19.8 Å². The Morgan fingerprint density at radius 2 is 1.76 bits per heavy atom. The Kier molecular flexibility index (Phi) is 7.20. The molecule has 0 radical (unpaired) electrons. The van der Waals surface area contributed by atoms with E-state index in [9.17, 15) is 15.0 Å². The predicted octanol–water partition coefficient (Wildman–Crippen LogP) is 3.31. The summed E-state index contributed by atoms with van der Waals surface area (Å²) in [5, 5.41) is 23.3. The van der Waals surface area contributed by atoms with Crippen LogP contribution in [-0.2, 0) is 4.79 Å². The Morgan fingerprint density at radius 3 is 2.44 bits per heavy atom. The molecule has 8 nitrogen and oxygen atoms in total. The van der Waals surface area contributed by atoms with Gasteiger partial charge in [-0.05, 0) is 42.3 Å². The van der Waals surface area contributed by atoms with E-state index in [-0.39, 0.29) is 25.7 Å². The molecule has 1 unspecified atom stereocenters. The molecule has 176 valence electrons. The zero-order valence-corrected chi connectivity index (χ0v) is 19.0. The van der Waals surface area contributed by atoms with Gasteiger partial charge < -0.3 is 24.8 Å². The summed E-state index contributed by atoms with van der Waals surface area (Å²) in [7, 11) is 0. The van der Waals surface area contributed by atoms with Crippen molar-refractivity contribution in [2.24, 2.45) is 5.41 Å². The number of nitrogens with one attached hydrogen (secondary N) is 1. The summed E-state index contributed by atoms with van der Waals surface area (Å²) < 4.78 is 7.68. The molecule has 0 saturated carbocycles. The van der Waals surface area contributed by atoms with Crippen LogP contribution in [0.2, 0.25) is 0 Å². The monoisotopic (exact) mass is 460 g/mol. The summed E-state index contributed by atoms with van der Waals surface area (Å²) >= 11 is 0. The first-order valence-corrected chi connectivity index (χ1v) is 11.2. The van der Waals surface area contributed by atoms with E-state index in [1.165, 1.54) is 6.33 Å². The molecule has 2 aromatic carbocycles. The molecule has 1 atom stereocenters. The van der Waals surface area contributed by atoms with Gasteiger partial charge in [0.2, 0.25) is 5.91 Å². The van der Waals surface area contributed by atoms with E-state index in [4.69, 9.17) is 4.74 Å². The molecule has 0 spiro atoms. The third kappa shape index (κ3) is 4.93. The van der Waals surface area contributed by atoms with E-state index in [1.807, 2.05) is 73.8 Å². The van der Waals surface area contributed by atoms with Gasteiger partial charge in [0.05, 0.1) is 13.2 Å². The number of aliphatic hydroxyl groups is 2. The third-order valence-corrected chi connectivity index (χ3v) is 6.14. The molecule has 1 amide bonds. The molecule has 0 fully saturated rings. The third-order valence-electron chi connectivity index (χ3n) is 6.14. The second-order valence-corrected chi connectivity index (χ2v) is 8.30. The summed E-state index contributed by atoms with van der Waals surface area (Å²) in [6, 6.07) is 18.0. The van der Waals surface area contributed by atoms with E-state index in [0.717, 1.165) is 16.7 Å². The minimum absolute atomic E-state index is 0.148. The minimum atomic E-state index is -0.783. The number of aliphatic hydroxyl groups excluding tert-OH is 2. The first-order valence-electron chi connectivity index (χ1n) is 11.2. The molecule has 0 bridgehead atoms. The van der Waals surface area contributed by atoms with Crippen LogP contribution in [-0.4, -0.2) is 50.4 Å². The van der Waals surface area contributed by atoms with Crippen molar-refractivity contribution in [3.63, 3.8) is 0 Å². The molecule has 8 heteroatoms. The van der Waals surface area contributed by atoms with Crippen molar-refractivity contribution in [3.8, 4) is 11.5 Å². The quantitative estimate of drug-likeness (QED) is 0.335. The molecule has 3 N–H and O–H groups in total. The fraction of sp³-hybridized carbons (Fsp3) is 0.269. The fourth-order valence-corrected chi connectivity index (χ4v) is 3.77. The number of benzene rings is 2. The molecule has 2 heterocycles. The van der Waals surface area contributed by atoms with Gasteiger partial charge in [-0.1, -0.05) is 37.3 Å². The van der Waals surface area contributed by atoms with Crippen LogP contribution in [0.25, 0.3) is 11.0 Å². The average Bonchev–Trinajstić information content (AvgIpc) is 3.31. The lowest BCUT2D eigenvalue weighted by atomic mass is 9.87. The highest BCUT2D eigenvalue weighted by atomic mass is 16.5. The van der Waals surface area contributed by atoms with E-state index in [0.29, 0.717) is 17.8 Å². The Bertz CT molecular complexity index is 1210. The maximum atomic E-state index is 13.5. The van der Waals surface area contributed by atoms with Gasteiger partial charge in [0.1, 0.15) is 29.5 Å². The lowest BCUT2D eigenvalue weighted by Crippen LogP contribution is -2.44. The van der Waals surface area contributed by atoms with Crippen molar-refractivity contribution in [1.82, 2.24) is 19.9 Å². The molecule has 2 aromatic heterocycles. The number of ether oxygens (including phenoxy) is 1. The predicted molar refractivity (Wildman–Crippen MR) is 129 cm³/mol. The number of carbonyl (C=O) groups excluding carboxylic acids is 1. The second kappa shape index (κ2) is 10.5. The van der Waals surface area contributed by atoms with Crippen LogP contribution in [0, 0.1) is 5.41 Å². The molecule has 0 aliphatic heterocycles. The second-order valence-electron chi connectivity index (χ2n) is 8.30. The Hall–Kier alpha value is -3.75. The summed E-state index contributed by atoms with van der Waals surface area (Å²) in [4.78, 5) is 21.9. The number of carbonyl (C=O) groups is 1. The van der Waals surface area contributed by atoms with Crippen LogP contribution in [0.5, 0.6) is 11.5 Å². The summed E-state index contributed by atoms with van der Waals surface area (Å²) in [5.74, 6) is 1.11. The first kappa shape index (κ1) is 23.4. The lowest BCUT2D eigenvalue weighted by molar-refractivity contribution is -0.124. The van der Waals surface area contributed by atoms with E-state index < -0.39 is 11.5 Å². The van der Waals surface area contributed by atoms with Crippen molar-refractivity contribution >= 4 is 16.9 Å². The van der Waals surface area contributed by atoms with Crippen molar-refractivity contribution in [2.45, 2.75) is 19.4 Å². The van der Waals surface area contributed by atoms with Gasteiger partial charge in [-0.15, -0.1) is 0 Å². The molecule has 4 rings (SSSR count). The van der Waals surface area contributed by atoms with Crippen LogP contribution in [0.4, 0.5) is 0 Å². The fourth-order valence-electron chi connectivity index (χ4n) is 3.77. The number of amides is 1. The van der Waals surface area contributed by atoms with Gasteiger partial charge in [-0.3, -0.25) is 4.79 Å². The van der Waals surface area contributed by atoms with E-state index >= 15 is 0 Å². The van der Waals surface area contributed by atoms with E-state index in [2.05, 4.69) is 15.3 Å². The lowest BCUT2D eigenvalue weighted by Gasteiger charge is -2.30. The maximum absolute atomic E-state index is 13.5. The summed E-state index contributed by atoms with van der Waals surface area (Å²) in [6.45, 7) is 1.57. The minimum Gasteiger partial charge on any atom is -0.457 e. The Labute approximate surface area is 197 Å². The van der Waals surface area contributed by atoms with Crippen LogP contribution in [0.15, 0.2) is 79.4 Å². The van der Waals surface area contributed by atoms with Gasteiger partial charge in [-0.2, -0.15) is 0 Å². The highest BCUT2D eigenvalue weighted by Crippen LogP contribution is 2.28. The Balaban J connectivity index is 1.65. The van der Waals surface area contributed by atoms with Gasteiger partial charge in [0.25, 0.3) is 0 Å². The largest absolute Gasteiger partial charge is 0.457 e. The highest BCUT2D eigenvalue weighted by Gasteiger charge is 2.30. The van der Waals surface area contributed by atoms with Gasteiger partial charge in [-0.25, -0.2) is 9.97 Å². The van der Waals surface area contributed by atoms with Crippen LogP contribution < -0.4 is 10.1 Å². The van der Waals surface area contributed by atoms with Gasteiger partial charge >= 0.3 is 0 Å². The maximum Gasteiger partial charge on any atom is 0.247 e. The molecular weight excluding hydrogens is 432 g/mol. The summed E-state index contributed by atoms with van der Waals surface area (Å²) in [6.07, 6.45) is 5.48. The van der Waals surface area contributed by atoms with Crippen LogP contribution >= 0.6 is 0 Å². The molecule has 0 aliphatic rings. The molecule has 34 heavy (non-hydrogen) atoms. The van der Waals surface area contributed by atoms with Crippen molar-refractivity contribution < 1.29 is 19.7 Å². The average molecular weight is 461 g/mol. The van der Waals surface area contributed by atoms with Crippen molar-refractivity contribution in [3.05, 3.63) is 84.9 Å². The number of rotatable bonds is 10. The number of hydrogen-bond donors (Lipinski definition) is 3. The number of hydrogen-bond acceptors (Lipinski definition) is 6. The SMILES string of the molecule is CCC(CO)(CO)CNC(=O)C(c1ccc(Oc2ccccc2)cc1)n1ccc2cncnc21. The topological polar surface area (TPSA) is 110 Å². The summed E-state index contributed by atoms with van der Waals surface area (Å²) in [5.41, 5.74) is 0.587. The number of para-hydroxylation sites is 1. The van der Waals surface area contributed by atoms with E-state index in [1.54, 1.807) is 10.8 Å². The molecular formula is C26H28N4O4. The first-order chi connectivity index (χ1) is 16.6. The van der Waals surface area contributed by atoms with Gasteiger partial charge in [0.15, 0.2) is 0 Å². The number of fused-ring (bicyclic) bond motifs is 1. The van der Waals surface area contributed by atoms with Crippen molar-refractivity contribution in [1.29, 1.82) is 0 Å². The molecule has 4 aromatic rings. The van der Waals surface area contributed by atoms with Crippen LogP contribution in [0.1, 0.15) is 24.9 Å². The molecule has 0 saturated heterocycles.